The van der Waals surface area contributed by atoms with Gasteiger partial charge in [-0.05, 0) is 27.4 Å². The van der Waals surface area contributed by atoms with Gasteiger partial charge >= 0.3 is 5.13 Å². The molecule has 0 aromatic carbocycles. The lowest BCUT2D eigenvalue weighted by Gasteiger charge is -1.79. The molecule has 1 aromatic heterocycles. The fourth-order valence-corrected chi connectivity index (χ4v) is 0.891. The summed E-state index contributed by atoms with van der Waals surface area (Å²) in [5.41, 5.74) is 0. The molecule has 5 nitrogen and oxygen atoms in total. The predicted molar refractivity (Wildman–Crippen MR) is 36.7 cm³/mol. The van der Waals surface area contributed by atoms with Gasteiger partial charge in [-0.2, -0.15) is 0 Å². The molecule has 0 unspecified atom stereocenters. The summed E-state index contributed by atoms with van der Waals surface area (Å²) >= 11 is 0.902. The number of nitrogens with zero attached hydrogens (tertiary/aromatic N) is 3. The van der Waals surface area contributed by atoms with Gasteiger partial charge in [-0.15, -0.1) is 0 Å². The van der Waals surface area contributed by atoms with E-state index in [1.54, 1.807) is 0 Å². The van der Waals surface area contributed by atoms with Gasteiger partial charge in [-0.1, -0.05) is 6.58 Å². The molecule has 1 heterocycles. The van der Waals surface area contributed by atoms with Crippen LogP contribution in [0.3, 0.4) is 0 Å². The Hall–Kier alpha value is -1.30. The van der Waals surface area contributed by atoms with Gasteiger partial charge in [0.2, 0.25) is 0 Å². The van der Waals surface area contributed by atoms with Crippen molar-refractivity contribution in [2.75, 3.05) is 0 Å². The van der Waals surface area contributed by atoms with Crippen LogP contribution < -0.4 is 0 Å². The van der Waals surface area contributed by atoms with Crippen molar-refractivity contribution < 1.29 is 4.92 Å². The molecule has 0 fully saturated rings. The van der Waals surface area contributed by atoms with Gasteiger partial charge in [-0.3, -0.25) is 0 Å². The minimum atomic E-state index is -0.579. The number of aromatic nitrogens is 2. The number of hydrogen-bond donors (Lipinski definition) is 0. The number of nitro groups is 1. The van der Waals surface area contributed by atoms with E-state index in [2.05, 4.69) is 16.8 Å². The van der Waals surface area contributed by atoms with E-state index in [9.17, 15) is 10.1 Å². The van der Waals surface area contributed by atoms with E-state index in [0.29, 0.717) is 5.01 Å². The molecule has 0 bridgehead atoms. The monoisotopic (exact) mass is 157 g/mol. The smallest absolute Gasteiger partial charge is 0.357 e. The fraction of sp³-hybridized carbons (Fsp3) is 0. The first-order valence-corrected chi connectivity index (χ1v) is 3.16. The van der Waals surface area contributed by atoms with Crippen molar-refractivity contribution >= 4 is 22.5 Å². The molecule has 0 atom stereocenters. The van der Waals surface area contributed by atoms with Crippen LogP contribution in [-0.2, 0) is 0 Å². The SMILES string of the molecule is C=Cc1nnc([N+](=O)[O-])s1. The van der Waals surface area contributed by atoms with E-state index in [1.807, 2.05) is 0 Å². The molecular weight excluding hydrogens is 154 g/mol. The Bertz CT molecular complexity index is 269. The van der Waals surface area contributed by atoms with Crippen LogP contribution in [0.1, 0.15) is 5.01 Å². The Morgan fingerprint density at radius 3 is 2.70 bits per heavy atom. The maximum Gasteiger partial charge on any atom is 0.450 e. The fourth-order valence-electron chi connectivity index (χ4n) is 0.383. The molecule has 0 saturated carbocycles. The highest BCUT2D eigenvalue weighted by Crippen LogP contribution is 2.17. The lowest BCUT2D eigenvalue weighted by Crippen LogP contribution is -1.84. The van der Waals surface area contributed by atoms with Gasteiger partial charge in [0.1, 0.15) is 0 Å². The highest BCUT2D eigenvalue weighted by Gasteiger charge is 2.11. The van der Waals surface area contributed by atoms with E-state index < -0.39 is 4.92 Å². The first kappa shape index (κ1) is 6.81. The summed E-state index contributed by atoms with van der Waals surface area (Å²) in [5, 5.41) is 17.0. The molecule has 0 N–H and O–H groups in total. The zero-order valence-electron chi connectivity index (χ0n) is 4.85. The van der Waals surface area contributed by atoms with Crippen LogP contribution >= 0.6 is 11.3 Å². The molecule has 1 rings (SSSR count). The van der Waals surface area contributed by atoms with Crippen LogP contribution in [0.25, 0.3) is 6.08 Å². The van der Waals surface area contributed by atoms with Crippen molar-refractivity contribution in [2.24, 2.45) is 0 Å². The normalized spacial score (nSPS) is 9.20. The minimum Gasteiger partial charge on any atom is -0.357 e. The van der Waals surface area contributed by atoms with E-state index in [4.69, 9.17) is 0 Å². The topological polar surface area (TPSA) is 68.9 Å². The van der Waals surface area contributed by atoms with Gasteiger partial charge < -0.3 is 10.1 Å². The first-order chi connectivity index (χ1) is 4.74. The average molecular weight is 157 g/mol. The standard InChI is InChI=1S/C4H3N3O2S/c1-2-3-5-6-4(10-3)7(8)9/h2H,1H2. The number of rotatable bonds is 2. The van der Waals surface area contributed by atoms with E-state index >= 15 is 0 Å². The molecule has 52 valence electrons. The third-order valence-corrected chi connectivity index (χ3v) is 1.63. The van der Waals surface area contributed by atoms with Crippen molar-refractivity contribution in [2.45, 2.75) is 0 Å². The van der Waals surface area contributed by atoms with Gasteiger partial charge in [0.25, 0.3) is 0 Å². The minimum absolute atomic E-state index is 0.199. The molecule has 0 radical (unpaired) electrons. The molecule has 1 aromatic rings. The maximum absolute atomic E-state index is 10.0. The van der Waals surface area contributed by atoms with E-state index in [1.165, 1.54) is 6.08 Å². The first-order valence-electron chi connectivity index (χ1n) is 2.34. The highest BCUT2D eigenvalue weighted by atomic mass is 32.1. The quantitative estimate of drug-likeness (QED) is 0.476. The molecule has 0 spiro atoms. The maximum atomic E-state index is 10.0. The van der Waals surface area contributed by atoms with Crippen LogP contribution in [0.15, 0.2) is 6.58 Å². The lowest BCUT2D eigenvalue weighted by molar-refractivity contribution is -0.385. The van der Waals surface area contributed by atoms with E-state index in [0.717, 1.165) is 11.3 Å². The summed E-state index contributed by atoms with van der Waals surface area (Å²) in [5.74, 6) is 0. The molecule has 0 aliphatic rings. The highest BCUT2D eigenvalue weighted by molar-refractivity contribution is 7.15. The zero-order valence-corrected chi connectivity index (χ0v) is 5.67. The van der Waals surface area contributed by atoms with Gasteiger partial charge in [0, 0.05) is 0 Å². The Labute approximate surface area is 60.2 Å². The Balaban J connectivity index is 2.98. The summed E-state index contributed by atoms with van der Waals surface area (Å²) in [6.07, 6.45) is 1.42. The molecule has 0 amide bonds. The second-order valence-electron chi connectivity index (χ2n) is 1.38. The van der Waals surface area contributed by atoms with Crippen molar-refractivity contribution in [1.29, 1.82) is 0 Å². The summed E-state index contributed by atoms with van der Waals surface area (Å²) in [7, 11) is 0. The molecule has 0 aliphatic carbocycles. The second-order valence-corrected chi connectivity index (χ2v) is 2.37. The third kappa shape index (κ3) is 1.16. The van der Waals surface area contributed by atoms with Gasteiger partial charge in [-0.25, -0.2) is 0 Å². The Kier molecular flexibility index (Phi) is 1.72. The van der Waals surface area contributed by atoms with E-state index in [-0.39, 0.29) is 5.13 Å². The predicted octanol–water partition coefficient (Wildman–Crippen LogP) is 1.09. The molecule has 0 aliphatic heterocycles. The molecule has 6 heteroatoms. The van der Waals surface area contributed by atoms with Crippen LogP contribution in [0.4, 0.5) is 5.13 Å². The summed E-state index contributed by atoms with van der Waals surface area (Å²) in [6.45, 7) is 3.39. The Morgan fingerprint density at radius 1 is 1.70 bits per heavy atom. The molecule has 0 saturated heterocycles. The second kappa shape index (κ2) is 2.53. The van der Waals surface area contributed by atoms with Crippen LogP contribution in [0, 0.1) is 10.1 Å². The zero-order chi connectivity index (χ0) is 7.56. The third-order valence-electron chi connectivity index (χ3n) is 0.761. The van der Waals surface area contributed by atoms with Crippen LogP contribution in [0.5, 0.6) is 0 Å². The largest absolute Gasteiger partial charge is 0.450 e. The Morgan fingerprint density at radius 2 is 2.40 bits per heavy atom. The lowest BCUT2D eigenvalue weighted by atomic mass is 10.7. The van der Waals surface area contributed by atoms with Crippen LogP contribution in [-0.4, -0.2) is 15.1 Å². The molecular formula is C4H3N3O2S. The summed E-state index contributed by atoms with van der Waals surface area (Å²) < 4.78 is 0. The number of hydrogen-bond acceptors (Lipinski definition) is 5. The van der Waals surface area contributed by atoms with Crippen molar-refractivity contribution in [3.8, 4) is 0 Å². The average Bonchev–Trinajstić information content (AvgIpc) is 2.34. The summed E-state index contributed by atoms with van der Waals surface area (Å²) in [6, 6.07) is 0. The van der Waals surface area contributed by atoms with Crippen molar-refractivity contribution in [3.05, 3.63) is 21.7 Å². The van der Waals surface area contributed by atoms with Crippen molar-refractivity contribution in [3.63, 3.8) is 0 Å². The molecule has 10 heavy (non-hydrogen) atoms. The van der Waals surface area contributed by atoms with Gasteiger partial charge in [0.05, 0.1) is 5.10 Å². The summed E-state index contributed by atoms with van der Waals surface area (Å²) in [4.78, 5) is 9.43. The van der Waals surface area contributed by atoms with Gasteiger partial charge in [0.15, 0.2) is 5.01 Å². The van der Waals surface area contributed by atoms with Crippen LogP contribution in [0.2, 0.25) is 0 Å². The van der Waals surface area contributed by atoms with Crippen molar-refractivity contribution in [1.82, 2.24) is 10.2 Å².